The van der Waals surface area contributed by atoms with Gasteiger partial charge >= 0.3 is 0 Å². The lowest BCUT2D eigenvalue weighted by molar-refractivity contribution is 0.0930. The van der Waals surface area contributed by atoms with Gasteiger partial charge in [0.15, 0.2) is 5.78 Å². The number of ketones is 1. The lowest BCUT2D eigenvalue weighted by Crippen LogP contribution is -2.52. The first kappa shape index (κ1) is 10.3. The average molecular weight is 208 g/mol. The number of Topliss-reactive ketones (excluding diaryl/α,β-unsaturated/α-hetero) is 1. The van der Waals surface area contributed by atoms with Gasteiger partial charge in [0.25, 0.3) is 0 Å². The Labute approximate surface area is 87.7 Å². The first-order valence-electron chi connectivity index (χ1n) is 5.02. The first-order chi connectivity index (χ1) is 7.29. The summed E-state index contributed by atoms with van der Waals surface area (Å²) >= 11 is 0. The fourth-order valence-electron chi connectivity index (χ4n) is 1.69. The van der Waals surface area contributed by atoms with Crippen molar-refractivity contribution in [3.8, 4) is 0 Å². The standard InChI is InChI=1S/C11H13FN2O/c12-9-4-2-1-3-8(9)11(15)10-7-13-5-6-14-10/h1-4,10,13-14H,5-7H2. The molecule has 0 radical (unpaired) electrons. The molecule has 0 amide bonds. The molecule has 3 nitrogen and oxygen atoms in total. The van der Waals surface area contributed by atoms with Crippen molar-refractivity contribution in [3.05, 3.63) is 35.6 Å². The molecule has 0 aromatic heterocycles. The summed E-state index contributed by atoms with van der Waals surface area (Å²) in [5.74, 6) is -0.629. The van der Waals surface area contributed by atoms with Gasteiger partial charge in [0.05, 0.1) is 11.6 Å². The minimum atomic E-state index is -0.449. The van der Waals surface area contributed by atoms with Gasteiger partial charge in [0, 0.05) is 19.6 Å². The molecule has 4 heteroatoms. The molecule has 1 aromatic carbocycles. The third kappa shape index (κ3) is 2.22. The summed E-state index contributed by atoms with van der Waals surface area (Å²) in [6.45, 7) is 2.15. The smallest absolute Gasteiger partial charge is 0.183 e. The van der Waals surface area contributed by atoms with Crippen molar-refractivity contribution in [2.45, 2.75) is 6.04 Å². The highest BCUT2D eigenvalue weighted by molar-refractivity contribution is 6.00. The van der Waals surface area contributed by atoms with Gasteiger partial charge in [-0.25, -0.2) is 4.39 Å². The van der Waals surface area contributed by atoms with Gasteiger partial charge in [-0.05, 0) is 12.1 Å². The van der Waals surface area contributed by atoms with Crippen LogP contribution in [0.2, 0.25) is 0 Å². The van der Waals surface area contributed by atoms with Crippen molar-refractivity contribution in [1.82, 2.24) is 10.6 Å². The van der Waals surface area contributed by atoms with Crippen molar-refractivity contribution in [2.75, 3.05) is 19.6 Å². The summed E-state index contributed by atoms with van der Waals surface area (Å²) < 4.78 is 13.3. The Bertz CT molecular complexity index is 361. The van der Waals surface area contributed by atoms with E-state index in [-0.39, 0.29) is 17.4 Å². The van der Waals surface area contributed by atoms with Gasteiger partial charge in [-0.1, -0.05) is 12.1 Å². The second-order valence-corrected chi connectivity index (χ2v) is 3.55. The second-order valence-electron chi connectivity index (χ2n) is 3.55. The van der Waals surface area contributed by atoms with E-state index >= 15 is 0 Å². The molecule has 15 heavy (non-hydrogen) atoms. The van der Waals surface area contributed by atoms with E-state index in [9.17, 15) is 9.18 Å². The van der Waals surface area contributed by atoms with Crippen LogP contribution in [0.4, 0.5) is 4.39 Å². The van der Waals surface area contributed by atoms with Gasteiger partial charge in [-0.15, -0.1) is 0 Å². The number of benzene rings is 1. The highest BCUT2D eigenvalue weighted by atomic mass is 19.1. The third-order valence-electron chi connectivity index (χ3n) is 2.50. The highest BCUT2D eigenvalue weighted by Gasteiger charge is 2.23. The van der Waals surface area contributed by atoms with E-state index in [0.717, 1.165) is 13.1 Å². The Kier molecular flexibility index (Phi) is 3.08. The first-order valence-corrected chi connectivity index (χ1v) is 5.02. The molecule has 0 aliphatic carbocycles. The van der Waals surface area contributed by atoms with Crippen LogP contribution in [0.25, 0.3) is 0 Å². The van der Waals surface area contributed by atoms with Crippen LogP contribution in [0, 0.1) is 5.82 Å². The summed E-state index contributed by atoms with van der Waals surface area (Å²) in [5, 5.41) is 6.17. The predicted molar refractivity (Wildman–Crippen MR) is 55.4 cm³/mol. The fourth-order valence-corrected chi connectivity index (χ4v) is 1.69. The number of halogens is 1. The minimum absolute atomic E-state index is 0.165. The fraction of sp³-hybridized carbons (Fsp3) is 0.364. The Balaban J connectivity index is 2.16. The molecule has 0 saturated carbocycles. The number of carbonyl (C=O) groups excluding carboxylic acids is 1. The molecule has 80 valence electrons. The molecule has 0 bridgehead atoms. The van der Waals surface area contributed by atoms with Crippen LogP contribution >= 0.6 is 0 Å². The Morgan fingerprint density at radius 3 is 2.80 bits per heavy atom. The van der Waals surface area contributed by atoms with Crippen LogP contribution in [-0.2, 0) is 0 Å². The summed E-state index contributed by atoms with van der Waals surface area (Å²) in [5.41, 5.74) is 0.165. The van der Waals surface area contributed by atoms with Gasteiger partial charge < -0.3 is 10.6 Å². The van der Waals surface area contributed by atoms with Crippen molar-refractivity contribution in [3.63, 3.8) is 0 Å². The van der Waals surface area contributed by atoms with Crippen LogP contribution in [0.3, 0.4) is 0 Å². The maximum Gasteiger partial charge on any atom is 0.183 e. The SMILES string of the molecule is O=C(c1ccccc1F)C1CNCCN1. The van der Waals surface area contributed by atoms with Crippen molar-refractivity contribution < 1.29 is 9.18 Å². The monoisotopic (exact) mass is 208 g/mol. The molecule has 1 atom stereocenters. The number of nitrogens with one attached hydrogen (secondary N) is 2. The Morgan fingerprint density at radius 2 is 2.13 bits per heavy atom. The minimum Gasteiger partial charge on any atom is -0.313 e. The lowest BCUT2D eigenvalue weighted by Gasteiger charge is -2.23. The van der Waals surface area contributed by atoms with Crippen LogP contribution in [0.1, 0.15) is 10.4 Å². The van der Waals surface area contributed by atoms with Crippen molar-refractivity contribution >= 4 is 5.78 Å². The Hall–Kier alpha value is -1.26. The molecular formula is C11H13FN2O. The maximum absolute atomic E-state index is 13.3. The topological polar surface area (TPSA) is 41.1 Å². The van der Waals surface area contributed by atoms with E-state index in [1.165, 1.54) is 12.1 Å². The van der Waals surface area contributed by atoms with E-state index < -0.39 is 5.82 Å². The molecule has 0 spiro atoms. The van der Waals surface area contributed by atoms with Crippen molar-refractivity contribution in [2.24, 2.45) is 0 Å². The normalized spacial score (nSPS) is 21.3. The lowest BCUT2D eigenvalue weighted by atomic mass is 10.0. The molecule has 1 aliphatic rings. The molecular weight excluding hydrogens is 195 g/mol. The van der Waals surface area contributed by atoms with E-state index in [1.54, 1.807) is 12.1 Å². The molecule has 2 N–H and O–H groups in total. The third-order valence-corrected chi connectivity index (χ3v) is 2.50. The number of piperazine rings is 1. The average Bonchev–Trinajstić information content (AvgIpc) is 2.30. The van der Waals surface area contributed by atoms with Crippen LogP contribution in [-0.4, -0.2) is 31.5 Å². The van der Waals surface area contributed by atoms with Crippen LogP contribution < -0.4 is 10.6 Å². The Morgan fingerprint density at radius 1 is 1.33 bits per heavy atom. The molecule has 1 aliphatic heterocycles. The zero-order chi connectivity index (χ0) is 10.7. The van der Waals surface area contributed by atoms with Crippen molar-refractivity contribution in [1.29, 1.82) is 0 Å². The van der Waals surface area contributed by atoms with Crippen LogP contribution in [0.5, 0.6) is 0 Å². The van der Waals surface area contributed by atoms with E-state index in [1.807, 2.05) is 0 Å². The molecule has 1 fully saturated rings. The summed E-state index contributed by atoms with van der Waals surface area (Å²) in [6, 6.07) is 5.78. The van der Waals surface area contributed by atoms with Gasteiger partial charge in [-0.3, -0.25) is 4.79 Å². The zero-order valence-corrected chi connectivity index (χ0v) is 8.29. The van der Waals surface area contributed by atoms with Gasteiger partial charge in [-0.2, -0.15) is 0 Å². The predicted octanol–water partition coefficient (Wildman–Crippen LogP) is 0.570. The largest absolute Gasteiger partial charge is 0.313 e. The molecule has 1 unspecified atom stereocenters. The van der Waals surface area contributed by atoms with Gasteiger partial charge in [0.2, 0.25) is 0 Å². The van der Waals surface area contributed by atoms with Crippen LogP contribution in [0.15, 0.2) is 24.3 Å². The molecule has 1 aromatic rings. The quantitative estimate of drug-likeness (QED) is 0.698. The van der Waals surface area contributed by atoms with Gasteiger partial charge in [0.1, 0.15) is 5.82 Å². The maximum atomic E-state index is 13.3. The number of hydrogen-bond acceptors (Lipinski definition) is 3. The van der Waals surface area contributed by atoms with E-state index in [0.29, 0.717) is 6.54 Å². The molecule has 1 saturated heterocycles. The highest BCUT2D eigenvalue weighted by Crippen LogP contribution is 2.09. The number of carbonyl (C=O) groups is 1. The molecule has 2 rings (SSSR count). The number of rotatable bonds is 2. The van der Waals surface area contributed by atoms with E-state index in [4.69, 9.17) is 0 Å². The number of hydrogen-bond donors (Lipinski definition) is 2. The summed E-state index contributed by atoms with van der Waals surface area (Å²) in [7, 11) is 0. The zero-order valence-electron chi connectivity index (χ0n) is 8.29. The molecule has 1 heterocycles. The van der Waals surface area contributed by atoms with E-state index in [2.05, 4.69) is 10.6 Å². The summed E-state index contributed by atoms with van der Waals surface area (Å²) in [6.07, 6.45) is 0. The second kappa shape index (κ2) is 4.51. The summed E-state index contributed by atoms with van der Waals surface area (Å²) in [4.78, 5) is 11.9.